The number of fused-ring (bicyclic) bond motifs is 1. The van der Waals surface area contributed by atoms with Crippen LogP contribution in [0.2, 0.25) is 0 Å². The van der Waals surface area contributed by atoms with Crippen LogP contribution >= 0.6 is 11.8 Å². The maximum absolute atomic E-state index is 13.2. The van der Waals surface area contributed by atoms with Crippen LogP contribution in [0.4, 0.5) is 4.79 Å². The SMILES string of the molecule is CC1(CSc2ccccc2C(=O)N2CCc3ccccc3C2)NC(=O)NC1=O. The lowest BCUT2D eigenvalue weighted by molar-refractivity contribution is -0.122. The van der Waals surface area contributed by atoms with Crippen molar-refractivity contribution < 1.29 is 14.4 Å². The Morgan fingerprint density at radius 3 is 2.57 bits per heavy atom. The molecule has 0 aliphatic carbocycles. The van der Waals surface area contributed by atoms with Crippen molar-refractivity contribution >= 4 is 29.6 Å². The third-order valence-electron chi connectivity index (χ3n) is 5.17. The molecule has 0 spiro atoms. The van der Waals surface area contributed by atoms with E-state index in [2.05, 4.69) is 22.8 Å². The van der Waals surface area contributed by atoms with Crippen LogP contribution in [0, 0.1) is 0 Å². The Hall–Kier alpha value is -2.80. The summed E-state index contributed by atoms with van der Waals surface area (Å²) in [5.74, 6) is -0.0124. The van der Waals surface area contributed by atoms with E-state index < -0.39 is 11.6 Å². The van der Waals surface area contributed by atoms with E-state index in [4.69, 9.17) is 0 Å². The largest absolute Gasteiger partial charge is 0.334 e. The second-order valence-corrected chi connectivity index (χ2v) is 8.29. The van der Waals surface area contributed by atoms with Gasteiger partial charge in [0.05, 0.1) is 5.56 Å². The number of rotatable bonds is 4. The van der Waals surface area contributed by atoms with Gasteiger partial charge in [-0.2, -0.15) is 0 Å². The Balaban J connectivity index is 1.51. The Labute approximate surface area is 167 Å². The summed E-state index contributed by atoms with van der Waals surface area (Å²) < 4.78 is 0. The maximum Gasteiger partial charge on any atom is 0.322 e. The summed E-state index contributed by atoms with van der Waals surface area (Å²) in [7, 11) is 0. The lowest BCUT2D eigenvalue weighted by atomic mass is 9.99. The Morgan fingerprint density at radius 2 is 1.82 bits per heavy atom. The van der Waals surface area contributed by atoms with Gasteiger partial charge < -0.3 is 10.2 Å². The van der Waals surface area contributed by atoms with E-state index in [9.17, 15) is 14.4 Å². The van der Waals surface area contributed by atoms with E-state index >= 15 is 0 Å². The topological polar surface area (TPSA) is 78.5 Å². The molecule has 2 aromatic carbocycles. The van der Waals surface area contributed by atoms with Crippen molar-refractivity contribution in [3.05, 3.63) is 65.2 Å². The number of nitrogens with zero attached hydrogens (tertiary/aromatic N) is 1. The molecule has 2 heterocycles. The monoisotopic (exact) mass is 395 g/mol. The second-order valence-electron chi connectivity index (χ2n) is 7.27. The zero-order chi connectivity index (χ0) is 19.7. The molecule has 4 amide bonds. The second kappa shape index (κ2) is 7.31. The molecule has 0 aromatic heterocycles. The number of benzene rings is 2. The van der Waals surface area contributed by atoms with Crippen molar-refractivity contribution in [2.24, 2.45) is 0 Å². The molecular formula is C21H21N3O3S. The first kappa shape index (κ1) is 18.6. The van der Waals surface area contributed by atoms with Crippen LogP contribution < -0.4 is 10.6 Å². The van der Waals surface area contributed by atoms with Crippen LogP contribution in [0.15, 0.2) is 53.4 Å². The fourth-order valence-corrected chi connectivity index (χ4v) is 4.65. The number of carbonyl (C=O) groups is 3. The van der Waals surface area contributed by atoms with Crippen LogP contribution in [-0.2, 0) is 17.8 Å². The summed E-state index contributed by atoms with van der Waals surface area (Å²) in [6.45, 7) is 2.97. The highest BCUT2D eigenvalue weighted by molar-refractivity contribution is 7.99. The quantitative estimate of drug-likeness (QED) is 0.616. The van der Waals surface area contributed by atoms with Gasteiger partial charge in [-0.3, -0.25) is 14.9 Å². The molecular weight excluding hydrogens is 374 g/mol. The predicted octanol–water partition coefficient (Wildman–Crippen LogP) is 2.58. The van der Waals surface area contributed by atoms with Crippen molar-refractivity contribution in [3.63, 3.8) is 0 Å². The third kappa shape index (κ3) is 3.49. The standard InChI is InChI=1S/C21H21N3O3S/c1-21(19(26)22-20(27)23-21)13-28-17-9-5-4-8-16(17)18(25)24-11-10-14-6-2-3-7-15(14)12-24/h2-9H,10-13H2,1H3,(H2,22,23,26,27). The van der Waals surface area contributed by atoms with Crippen LogP contribution in [0.25, 0.3) is 0 Å². The maximum atomic E-state index is 13.2. The molecule has 1 saturated heterocycles. The van der Waals surface area contributed by atoms with Gasteiger partial charge in [-0.15, -0.1) is 11.8 Å². The molecule has 1 atom stereocenters. The fraction of sp³-hybridized carbons (Fsp3) is 0.286. The molecule has 1 unspecified atom stereocenters. The first-order valence-electron chi connectivity index (χ1n) is 9.18. The number of urea groups is 1. The molecule has 2 aliphatic heterocycles. The van der Waals surface area contributed by atoms with E-state index in [-0.39, 0.29) is 11.8 Å². The van der Waals surface area contributed by atoms with Gasteiger partial charge in [-0.1, -0.05) is 36.4 Å². The van der Waals surface area contributed by atoms with Gasteiger partial charge in [-0.05, 0) is 36.6 Å². The number of imide groups is 1. The Kier molecular flexibility index (Phi) is 4.85. The smallest absolute Gasteiger partial charge is 0.322 e. The normalized spacial score (nSPS) is 21.1. The number of hydrogen-bond donors (Lipinski definition) is 2. The Morgan fingerprint density at radius 1 is 1.11 bits per heavy atom. The number of thioether (sulfide) groups is 1. The van der Waals surface area contributed by atoms with Gasteiger partial charge in [-0.25, -0.2) is 4.79 Å². The summed E-state index contributed by atoms with van der Waals surface area (Å²) in [6.07, 6.45) is 0.849. The highest BCUT2D eigenvalue weighted by Gasteiger charge is 2.42. The minimum Gasteiger partial charge on any atom is -0.334 e. The molecule has 0 saturated carbocycles. The van der Waals surface area contributed by atoms with Gasteiger partial charge in [0.25, 0.3) is 11.8 Å². The van der Waals surface area contributed by atoms with Crippen molar-refractivity contribution in [2.45, 2.75) is 30.3 Å². The lowest BCUT2D eigenvalue weighted by Gasteiger charge is -2.29. The molecule has 6 nitrogen and oxygen atoms in total. The summed E-state index contributed by atoms with van der Waals surface area (Å²) in [5.41, 5.74) is 2.12. The van der Waals surface area contributed by atoms with Gasteiger partial charge in [0.15, 0.2) is 0 Å². The molecule has 0 bridgehead atoms. The van der Waals surface area contributed by atoms with Gasteiger partial charge >= 0.3 is 6.03 Å². The molecule has 7 heteroatoms. The van der Waals surface area contributed by atoms with Crippen molar-refractivity contribution in [1.29, 1.82) is 0 Å². The van der Waals surface area contributed by atoms with Crippen molar-refractivity contribution in [2.75, 3.05) is 12.3 Å². The van der Waals surface area contributed by atoms with Crippen LogP contribution in [0.5, 0.6) is 0 Å². The highest BCUT2D eigenvalue weighted by Crippen LogP contribution is 2.29. The minimum absolute atomic E-state index is 0.0114. The van der Waals surface area contributed by atoms with Crippen LogP contribution in [0.3, 0.4) is 0 Å². The van der Waals surface area contributed by atoms with E-state index in [1.54, 1.807) is 6.92 Å². The summed E-state index contributed by atoms with van der Waals surface area (Å²) in [6, 6.07) is 15.2. The van der Waals surface area contributed by atoms with E-state index in [1.807, 2.05) is 41.3 Å². The summed E-state index contributed by atoms with van der Waals surface area (Å²) in [5, 5.41) is 4.92. The first-order chi connectivity index (χ1) is 13.5. The van der Waals surface area contributed by atoms with Crippen LogP contribution in [0.1, 0.15) is 28.4 Å². The fourth-order valence-electron chi connectivity index (χ4n) is 3.51. The van der Waals surface area contributed by atoms with E-state index in [1.165, 1.54) is 22.9 Å². The zero-order valence-corrected chi connectivity index (χ0v) is 16.3. The number of nitrogens with one attached hydrogen (secondary N) is 2. The number of hydrogen-bond acceptors (Lipinski definition) is 4. The lowest BCUT2D eigenvalue weighted by Crippen LogP contribution is -2.46. The average molecular weight is 395 g/mol. The predicted molar refractivity (Wildman–Crippen MR) is 107 cm³/mol. The van der Waals surface area contributed by atoms with Gasteiger partial charge in [0, 0.05) is 23.7 Å². The van der Waals surface area contributed by atoms with E-state index in [0.717, 1.165) is 11.3 Å². The molecule has 4 rings (SSSR count). The molecule has 2 N–H and O–H groups in total. The third-order valence-corrected chi connectivity index (χ3v) is 6.56. The van der Waals surface area contributed by atoms with E-state index in [0.29, 0.717) is 24.4 Å². The molecule has 1 fully saturated rings. The summed E-state index contributed by atoms with van der Waals surface area (Å²) >= 11 is 1.40. The number of carbonyl (C=O) groups excluding carboxylic acids is 3. The minimum atomic E-state index is -0.984. The van der Waals surface area contributed by atoms with Crippen molar-refractivity contribution in [1.82, 2.24) is 15.5 Å². The highest BCUT2D eigenvalue weighted by atomic mass is 32.2. The van der Waals surface area contributed by atoms with Crippen molar-refractivity contribution in [3.8, 4) is 0 Å². The molecule has 2 aliphatic rings. The average Bonchev–Trinajstić information content (AvgIpc) is 2.97. The first-order valence-corrected chi connectivity index (χ1v) is 10.2. The summed E-state index contributed by atoms with van der Waals surface area (Å²) in [4.78, 5) is 39.3. The zero-order valence-electron chi connectivity index (χ0n) is 15.5. The Bertz CT molecular complexity index is 961. The van der Waals surface area contributed by atoms with Gasteiger partial charge in [0.2, 0.25) is 0 Å². The molecule has 144 valence electrons. The molecule has 2 aromatic rings. The molecule has 28 heavy (non-hydrogen) atoms. The van der Waals surface area contributed by atoms with Crippen LogP contribution in [-0.4, -0.2) is 40.6 Å². The van der Waals surface area contributed by atoms with Gasteiger partial charge in [0.1, 0.15) is 5.54 Å². The number of amides is 4. The molecule has 0 radical (unpaired) electrons.